The van der Waals surface area contributed by atoms with E-state index in [1.54, 1.807) is 6.92 Å². The second-order valence-electron chi connectivity index (χ2n) is 4.44. The summed E-state index contributed by atoms with van der Waals surface area (Å²) in [5, 5.41) is 1.55. The number of fused-ring (bicyclic) bond motifs is 1. The van der Waals surface area contributed by atoms with Crippen molar-refractivity contribution in [2.75, 3.05) is 0 Å². The molecule has 0 aliphatic heterocycles. The molecule has 0 saturated carbocycles. The number of hydrogen-bond donors (Lipinski definition) is 0. The topological polar surface area (TPSA) is 22.0 Å². The maximum Gasteiger partial charge on any atom is 0.163 e. The van der Waals surface area contributed by atoms with Crippen LogP contribution in [0.1, 0.15) is 35.3 Å². The highest BCUT2D eigenvalue weighted by molar-refractivity contribution is 6.35. The van der Waals surface area contributed by atoms with E-state index in [2.05, 4.69) is 19.1 Å². The van der Waals surface area contributed by atoms with E-state index in [4.69, 9.17) is 11.6 Å². The molecule has 0 atom stereocenters. The normalized spacial score (nSPS) is 11.1. The summed E-state index contributed by atoms with van der Waals surface area (Å²) >= 11 is 6.31. The third-order valence-electron chi connectivity index (χ3n) is 3.11. The highest BCUT2D eigenvalue weighted by Crippen LogP contribution is 2.33. The molecule has 0 spiro atoms. The molecule has 0 amide bonds. The molecule has 0 N–H and O–H groups in total. The molecule has 2 aromatic rings. The van der Waals surface area contributed by atoms with E-state index in [1.165, 1.54) is 5.56 Å². The van der Waals surface area contributed by atoms with Gasteiger partial charge in [0.1, 0.15) is 5.15 Å². The number of benzene rings is 1. The van der Waals surface area contributed by atoms with Crippen molar-refractivity contribution in [1.82, 2.24) is 4.57 Å². The van der Waals surface area contributed by atoms with Crippen molar-refractivity contribution in [1.29, 1.82) is 0 Å². The number of rotatable bonds is 2. The van der Waals surface area contributed by atoms with Crippen LogP contribution in [0.4, 0.5) is 0 Å². The van der Waals surface area contributed by atoms with Crippen LogP contribution in [0.2, 0.25) is 5.15 Å². The molecule has 2 nitrogen and oxygen atoms in total. The highest BCUT2D eigenvalue weighted by Gasteiger charge is 2.19. The van der Waals surface area contributed by atoms with E-state index in [1.807, 2.05) is 18.4 Å². The lowest BCUT2D eigenvalue weighted by Gasteiger charge is -2.04. The number of aryl methyl sites for hydroxylation is 3. The van der Waals surface area contributed by atoms with Crippen LogP contribution in [0.3, 0.4) is 0 Å². The summed E-state index contributed by atoms with van der Waals surface area (Å²) < 4.78 is 1.99. The van der Waals surface area contributed by atoms with Gasteiger partial charge in [-0.1, -0.05) is 17.7 Å². The molecule has 17 heavy (non-hydrogen) atoms. The number of carbonyl (C=O) groups is 1. The summed E-state index contributed by atoms with van der Waals surface area (Å²) in [6.07, 6.45) is 0. The zero-order valence-corrected chi connectivity index (χ0v) is 11.4. The lowest BCUT2D eigenvalue weighted by Crippen LogP contribution is -1.95. The van der Waals surface area contributed by atoms with Crippen molar-refractivity contribution in [3.05, 3.63) is 34.0 Å². The third kappa shape index (κ3) is 1.77. The molecule has 90 valence electrons. The number of halogens is 1. The van der Waals surface area contributed by atoms with Gasteiger partial charge in [0.2, 0.25) is 0 Å². The van der Waals surface area contributed by atoms with E-state index in [0.29, 0.717) is 10.7 Å². The Morgan fingerprint density at radius 1 is 1.35 bits per heavy atom. The molecule has 3 heteroatoms. The van der Waals surface area contributed by atoms with Crippen molar-refractivity contribution in [3.63, 3.8) is 0 Å². The summed E-state index contributed by atoms with van der Waals surface area (Å²) in [5.74, 6) is 0.0270. The van der Waals surface area contributed by atoms with Crippen molar-refractivity contribution >= 4 is 28.3 Å². The van der Waals surface area contributed by atoms with Crippen LogP contribution in [-0.2, 0) is 6.54 Å². The van der Waals surface area contributed by atoms with E-state index < -0.39 is 0 Å². The second-order valence-corrected chi connectivity index (χ2v) is 4.80. The zero-order valence-electron chi connectivity index (χ0n) is 10.6. The fourth-order valence-electron chi connectivity index (χ4n) is 2.46. The summed E-state index contributed by atoms with van der Waals surface area (Å²) in [7, 11) is 0. The van der Waals surface area contributed by atoms with Gasteiger partial charge in [-0.05, 0) is 44.9 Å². The Morgan fingerprint density at radius 3 is 2.53 bits per heavy atom. The summed E-state index contributed by atoms with van der Waals surface area (Å²) in [6.45, 7) is 8.46. The Balaban J connectivity index is 3.00. The molecule has 0 radical (unpaired) electrons. The SMILES string of the molecule is CCn1c(Cl)c(C(C)=O)c2c(C)cc(C)cc21. The molecular formula is C14H16ClNO. The predicted molar refractivity (Wildman–Crippen MR) is 72.1 cm³/mol. The van der Waals surface area contributed by atoms with Gasteiger partial charge in [-0.3, -0.25) is 4.79 Å². The van der Waals surface area contributed by atoms with Crippen LogP contribution in [0.25, 0.3) is 10.9 Å². The number of Topliss-reactive ketones (excluding diaryl/α,β-unsaturated/α-hetero) is 1. The standard InChI is InChI=1S/C14H16ClNO/c1-5-16-11-7-8(2)6-9(3)12(11)13(10(4)17)14(16)15/h6-7H,5H2,1-4H3. The lowest BCUT2D eigenvalue weighted by atomic mass is 10.0. The fourth-order valence-corrected chi connectivity index (χ4v) is 2.90. The zero-order chi connectivity index (χ0) is 12.7. The average molecular weight is 250 g/mol. The maximum absolute atomic E-state index is 11.7. The van der Waals surface area contributed by atoms with E-state index in [-0.39, 0.29) is 5.78 Å². The second kappa shape index (κ2) is 4.19. The van der Waals surface area contributed by atoms with E-state index in [0.717, 1.165) is 23.0 Å². The molecule has 1 aromatic heterocycles. The molecule has 2 rings (SSSR count). The van der Waals surface area contributed by atoms with E-state index >= 15 is 0 Å². The molecule has 0 aliphatic carbocycles. The molecular weight excluding hydrogens is 234 g/mol. The molecule has 0 bridgehead atoms. The molecule has 1 heterocycles. The first-order valence-electron chi connectivity index (χ1n) is 5.77. The van der Waals surface area contributed by atoms with Gasteiger partial charge in [0.15, 0.2) is 5.78 Å². The van der Waals surface area contributed by atoms with Crippen LogP contribution >= 0.6 is 11.6 Å². The number of nitrogens with zero attached hydrogens (tertiary/aromatic N) is 1. The largest absolute Gasteiger partial charge is 0.331 e. The molecule has 0 fully saturated rings. The quantitative estimate of drug-likeness (QED) is 0.734. The first kappa shape index (κ1) is 12.2. The first-order valence-corrected chi connectivity index (χ1v) is 6.15. The van der Waals surface area contributed by atoms with Crippen molar-refractivity contribution in [2.45, 2.75) is 34.2 Å². The molecule has 0 aliphatic rings. The third-order valence-corrected chi connectivity index (χ3v) is 3.50. The van der Waals surface area contributed by atoms with E-state index in [9.17, 15) is 4.79 Å². The minimum absolute atomic E-state index is 0.0270. The Morgan fingerprint density at radius 2 is 2.00 bits per heavy atom. The predicted octanol–water partition coefficient (Wildman–Crippen LogP) is 4.13. The number of hydrogen-bond acceptors (Lipinski definition) is 1. The Kier molecular flexibility index (Phi) is 3.00. The van der Waals surface area contributed by atoms with Gasteiger partial charge in [0.25, 0.3) is 0 Å². The Bertz CT molecular complexity index is 610. The Hall–Kier alpha value is -1.28. The summed E-state index contributed by atoms with van der Waals surface area (Å²) in [5.41, 5.74) is 4.01. The number of aromatic nitrogens is 1. The smallest absolute Gasteiger partial charge is 0.163 e. The minimum Gasteiger partial charge on any atom is -0.331 e. The summed E-state index contributed by atoms with van der Waals surface area (Å²) in [4.78, 5) is 11.7. The van der Waals surface area contributed by atoms with Crippen LogP contribution in [0, 0.1) is 13.8 Å². The van der Waals surface area contributed by atoms with Gasteiger partial charge in [-0.15, -0.1) is 0 Å². The van der Waals surface area contributed by atoms with Crippen molar-refractivity contribution in [3.8, 4) is 0 Å². The van der Waals surface area contributed by atoms with Crippen LogP contribution in [0.15, 0.2) is 12.1 Å². The molecule has 0 unspecified atom stereocenters. The lowest BCUT2D eigenvalue weighted by molar-refractivity contribution is 0.101. The van der Waals surface area contributed by atoms with Crippen molar-refractivity contribution in [2.24, 2.45) is 0 Å². The minimum atomic E-state index is 0.0270. The van der Waals surface area contributed by atoms with Crippen LogP contribution in [0.5, 0.6) is 0 Å². The van der Waals surface area contributed by atoms with Gasteiger partial charge in [-0.2, -0.15) is 0 Å². The first-order chi connectivity index (χ1) is 7.97. The van der Waals surface area contributed by atoms with Crippen molar-refractivity contribution < 1.29 is 4.79 Å². The maximum atomic E-state index is 11.7. The van der Waals surface area contributed by atoms with Gasteiger partial charge >= 0.3 is 0 Å². The number of ketones is 1. The monoisotopic (exact) mass is 249 g/mol. The Labute approximate surface area is 106 Å². The molecule has 0 saturated heterocycles. The van der Waals surface area contributed by atoms with Gasteiger partial charge < -0.3 is 4.57 Å². The average Bonchev–Trinajstić information content (AvgIpc) is 2.50. The van der Waals surface area contributed by atoms with Crippen LogP contribution < -0.4 is 0 Å². The van der Waals surface area contributed by atoms with Gasteiger partial charge in [0.05, 0.1) is 11.1 Å². The van der Waals surface area contributed by atoms with Gasteiger partial charge in [-0.25, -0.2) is 0 Å². The summed E-state index contributed by atoms with van der Waals surface area (Å²) in [6, 6.07) is 4.18. The highest BCUT2D eigenvalue weighted by atomic mass is 35.5. The number of carbonyl (C=O) groups excluding carboxylic acids is 1. The van der Waals surface area contributed by atoms with Gasteiger partial charge in [0, 0.05) is 11.9 Å². The van der Waals surface area contributed by atoms with Crippen LogP contribution in [-0.4, -0.2) is 10.4 Å². The fraction of sp³-hybridized carbons (Fsp3) is 0.357. The molecule has 1 aromatic carbocycles.